The summed E-state index contributed by atoms with van der Waals surface area (Å²) < 4.78 is 26.5. The van der Waals surface area contributed by atoms with E-state index in [0.717, 1.165) is 18.9 Å². The molecule has 0 bridgehead atoms. The first-order valence-electron chi connectivity index (χ1n) is 6.57. The maximum Gasteiger partial charge on any atom is 0.129 e. The first-order chi connectivity index (χ1) is 8.40. The number of rotatable bonds is 2. The second-order valence-electron chi connectivity index (χ2n) is 5.80. The first-order valence-corrected chi connectivity index (χ1v) is 6.57. The molecule has 0 amide bonds. The van der Waals surface area contributed by atoms with Crippen LogP contribution in [-0.2, 0) is 6.42 Å². The van der Waals surface area contributed by atoms with Gasteiger partial charge in [0.2, 0.25) is 0 Å². The van der Waals surface area contributed by atoms with Crippen molar-refractivity contribution in [2.75, 3.05) is 0 Å². The van der Waals surface area contributed by atoms with Crippen LogP contribution < -0.4 is 0 Å². The van der Waals surface area contributed by atoms with E-state index < -0.39 is 17.2 Å². The van der Waals surface area contributed by atoms with Crippen LogP contribution in [0.4, 0.5) is 8.78 Å². The van der Waals surface area contributed by atoms with E-state index >= 15 is 0 Å². The Balaban J connectivity index is 2.20. The Hall–Kier alpha value is -0.960. The third-order valence-electron chi connectivity index (χ3n) is 4.22. The molecular weight excluding hydrogens is 234 g/mol. The maximum atomic E-state index is 13.6. The van der Waals surface area contributed by atoms with Crippen molar-refractivity contribution in [1.82, 2.24) is 0 Å². The Morgan fingerprint density at radius 2 is 2.00 bits per heavy atom. The van der Waals surface area contributed by atoms with Crippen molar-refractivity contribution >= 4 is 0 Å². The lowest BCUT2D eigenvalue weighted by atomic mass is 9.69. The monoisotopic (exact) mass is 254 g/mol. The molecule has 0 saturated heterocycles. The van der Waals surface area contributed by atoms with Crippen molar-refractivity contribution in [3.63, 3.8) is 0 Å². The van der Waals surface area contributed by atoms with Gasteiger partial charge in [0, 0.05) is 12.5 Å². The summed E-state index contributed by atoms with van der Waals surface area (Å²) in [6, 6.07) is 3.57. The highest BCUT2D eigenvalue weighted by atomic mass is 19.1. The molecule has 100 valence electrons. The van der Waals surface area contributed by atoms with Gasteiger partial charge in [-0.25, -0.2) is 8.78 Å². The summed E-state index contributed by atoms with van der Waals surface area (Å²) in [5.74, 6) is -0.532. The van der Waals surface area contributed by atoms with Gasteiger partial charge in [0.05, 0.1) is 5.60 Å². The quantitative estimate of drug-likeness (QED) is 0.853. The third-order valence-corrected chi connectivity index (χ3v) is 4.22. The van der Waals surface area contributed by atoms with Gasteiger partial charge in [0.1, 0.15) is 11.6 Å². The summed E-state index contributed by atoms with van der Waals surface area (Å²) in [7, 11) is 0. The Labute approximate surface area is 107 Å². The fourth-order valence-electron chi connectivity index (χ4n) is 2.95. The van der Waals surface area contributed by atoms with Crippen LogP contribution >= 0.6 is 0 Å². The van der Waals surface area contributed by atoms with Crippen molar-refractivity contribution in [1.29, 1.82) is 0 Å². The molecule has 1 aliphatic rings. The smallest absolute Gasteiger partial charge is 0.129 e. The molecule has 1 saturated carbocycles. The molecule has 2 rings (SSSR count). The van der Waals surface area contributed by atoms with E-state index in [1.54, 1.807) is 0 Å². The predicted octanol–water partition coefficient (Wildman–Crippen LogP) is 3.69. The molecule has 3 atom stereocenters. The van der Waals surface area contributed by atoms with E-state index in [2.05, 4.69) is 6.92 Å². The Bertz CT molecular complexity index is 433. The zero-order valence-corrected chi connectivity index (χ0v) is 10.9. The summed E-state index contributed by atoms with van der Waals surface area (Å²) in [6.45, 7) is 4.12. The van der Waals surface area contributed by atoms with Crippen LogP contribution in [0.15, 0.2) is 18.2 Å². The predicted molar refractivity (Wildman–Crippen MR) is 67.2 cm³/mol. The normalized spacial score (nSPS) is 32.5. The van der Waals surface area contributed by atoms with Crippen molar-refractivity contribution < 1.29 is 13.9 Å². The number of hydrogen-bond acceptors (Lipinski definition) is 1. The fourth-order valence-corrected chi connectivity index (χ4v) is 2.95. The molecule has 1 aliphatic carbocycles. The summed E-state index contributed by atoms with van der Waals surface area (Å²) in [5, 5.41) is 10.7. The lowest BCUT2D eigenvalue weighted by molar-refractivity contribution is -0.0565. The highest BCUT2D eigenvalue weighted by Crippen LogP contribution is 2.39. The Morgan fingerprint density at radius 1 is 1.28 bits per heavy atom. The van der Waals surface area contributed by atoms with Crippen molar-refractivity contribution in [2.24, 2.45) is 11.8 Å². The van der Waals surface area contributed by atoms with Gasteiger partial charge in [-0.3, -0.25) is 0 Å². The summed E-state index contributed by atoms with van der Waals surface area (Å²) in [6.07, 6.45) is 3.02. The molecule has 3 unspecified atom stereocenters. The summed E-state index contributed by atoms with van der Waals surface area (Å²) in [4.78, 5) is 0. The average molecular weight is 254 g/mol. The molecular formula is C15H20F2O. The molecule has 1 nitrogen and oxygen atoms in total. The molecule has 0 aliphatic heterocycles. The average Bonchev–Trinajstić information content (AvgIpc) is 2.28. The van der Waals surface area contributed by atoms with Crippen LogP contribution in [0.25, 0.3) is 0 Å². The van der Waals surface area contributed by atoms with Crippen LogP contribution in [0.2, 0.25) is 0 Å². The van der Waals surface area contributed by atoms with Gasteiger partial charge < -0.3 is 5.11 Å². The molecule has 3 heteroatoms. The fraction of sp³-hybridized carbons (Fsp3) is 0.600. The van der Waals surface area contributed by atoms with E-state index in [-0.39, 0.29) is 12.3 Å². The van der Waals surface area contributed by atoms with Gasteiger partial charge in [-0.1, -0.05) is 26.3 Å². The van der Waals surface area contributed by atoms with Gasteiger partial charge in [-0.05, 0) is 36.3 Å². The molecule has 0 heterocycles. The topological polar surface area (TPSA) is 20.2 Å². The molecule has 1 fully saturated rings. The number of halogens is 2. The zero-order valence-electron chi connectivity index (χ0n) is 10.9. The minimum absolute atomic E-state index is 0.151. The first kappa shape index (κ1) is 13.5. The van der Waals surface area contributed by atoms with Crippen molar-refractivity contribution in [3.05, 3.63) is 35.4 Å². The van der Waals surface area contributed by atoms with Crippen LogP contribution in [-0.4, -0.2) is 10.7 Å². The lowest BCUT2D eigenvalue weighted by Gasteiger charge is -2.41. The van der Waals surface area contributed by atoms with E-state index in [0.29, 0.717) is 17.9 Å². The van der Waals surface area contributed by atoms with Gasteiger partial charge in [0.15, 0.2) is 0 Å². The van der Waals surface area contributed by atoms with E-state index in [1.165, 1.54) is 12.1 Å². The highest BCUT2D eigenvalue weighted by molar-refractivity contribution is 5.21. The maximum absolute atomic E-state index is 13.6. The minimum Gasteiger partial charge on any atom is -0.389 e. The van der Waals surface area contributed by atoms with Gasteiger partial charge in [-0.2, -0.15) is 0 Å². The highest BCUT2D eigenvalue weighted by Gasteiger charge is 2.39. The molecule has 0 aromatic heterocycles. The molecule has 18 heavy (non-hydrogen) atoms. The van der Waals surface area contributed by atoms with Gasteiger partial charge >= 0.3 is 0 Å². The second-order valence-corrected chi connectivity index (χ2v) is 5.80. The van der Waals surface area contributed by atoms with Gasteiger partial charge in [0.25, 0.3) is 0 Å². The van der Waals surface area contributed by atoms with E-state index in [4.69, 9.17) is 0 Å². The van der Waals surface area contributed by atoms with E-state index in [9.17, 15) is 13.9 Å². The summed E-state index contributed by atoms with van der Waals surface area (Å²) >= 11 is 0. The van der Waals surface area contributed by atoms with Crippen LogP contribution in [0.3, 0.4) is 0 Å². The standard InChI is InChI=1S/C15H20F2O/c1-10-3-4-11(2)15(18,8-10)9-12-5-6-13(16)7-14(12)17/h5-7,10-11,18H,3-4,8-9H2,1-2H3. The number of benzene rings is 1. The minimum atomic E-state index is -0.865. The SMILES string of the molecule is CC1CCC(C)C(O)(Cc2ccc(F)cc2F)C1. The van der Waals surface area contributed by atoms with Crippen LogP contribution in [0, 0.1) is 23.5 Å². The molecule has 0 spiro atoms. The van der Waals surface area contributed by atoms with E-state index in [1.807, 2.05) is 6.92 Å². The molecule has 1 aromatic rings. The van der Waals surface area contributed by atoms with Crippen molar-refractivity contribution in [2.45, 2.75) is 45.1 Å². The van der Waals surface area contributed by atoms with Crippen molar-refractivity contribution in [3.8, 4) is 0 Å². The van der Waals surface area contributed by atoms with Crippen LogP contribution in [0.5, 0.6) is 0 Å². The molecule has 0 radical (unpaired) electrons. The summed E-state index contributed by atoms with van der Waals surface area (Å²) in [5.41, 5.74) is -0.462. The largest absolute Gasteiger partial charge is 0.389 e. The van der Waals surface area contributed by atoms with Gasteiger partial charge in [-0.15, -0.1) is 0 Å². The number of hydrogen-bond donors (Lipinski definition) is 1. The lowest BCUT2D eigenvalue weighted by Crippen LogP contribution is -2.43. The zero-order chi connectivity index (χ0) is 13.3. The molecule has 1 N–H and O–H groups in total. The van der Waals surface area contributed by atoms with Crippen LogP contribution in [0.1, 0.15) is 38.7 Å². The number of aliphatic hydroxyl groups is 1. The molecule has 1 aromatic carbocycles. The third kappa shape index (κ3) is 2.72. The second kappa shape index (κ2) is 4.96. The Kier molecular flexibility index (Phi) is 3.71. The Morgan fingerprint density at radius 3 is 2.67 bits per heavy atom.